The van der Waals surface area contributed by atoms with Crippen LogP contribution in [0.5, 0.6) is 0 Å². The molecule has 1 fully saturated rings. The molecule has 0 spiro atoms. The van der Waals surface area contributed by atoms with Crippen molar-refractivity contribution in [2.45, 2.75) is 44.7 Å². The van der Waals surface area contributed by atoms with E-state index in [0.717, 1.165) is 59.2 Å². The number of pyridine rings is 1. The molecule has 2 atom stereocenters. The number of nitrogens with zero attached hydrogens (tertiary/aromatic N) is 2. The van der Waals surface area contributed by atoms with Crippen molar-refractivity contribution in [3.05, 3.63) is 96.1 Å². The number of aliphatic hydroxyl groups excluding tert-OH is 1. The Kier molecular flexibility index (Phi) is 7.28. The molecule has 1 aliphatic rings. The van der Waals surface area contributed by atoms with Gasteiger partial charge in [0, 0.05) is 30.1 Å². The van der Waals surface area contributed by atoms with Crippen LogP contribution in [0.25, 0.3) is 22.2 Å². The molecule has 0 unspecified atom stereocenters. The van der Waals surface area contributed by atoms with Gasteiger partial charge in [-0.05, 0) is 37.3 Å². The Labute approximate surface area is 212 Å². The van der Waals surface area contributed by atoms with E-state index in [-0.39, 0.29) is 24.6 Å². The maximum Gasteiger partial charge on any atom is 0.254 e. The molecule has 5 nitrogen and oxygen atoms in total. The zero-order valence-electron chi connectivity index (χ0n) is 20.7. The second kappa shape index (κ2) is 10.9. The average molecular weight is 480 g/mol. The Bertz CT molecular complexity index is 1320. The Hall–Kier alpha value is -3.70. The third-order valence-electron chi connectivity index (χ3n) is 7.18. The van der Waals surface area contributed by atoms with Gasteiger partial charge < -0.3 is 15.3 Å². The summed E-state index contributed by atoms with van der Waals surface area (Å²) in [6.07, 6.45) is 3.47. The fraction of sp³-hybridized carbons (Fsp3) is 0.290. The third-order valence-corrected chi connectivity index (χ3v) is 7.18. The van der Waals surface area contributed by atoms with Crippen LogP contribution in [0.4, 0.5) is 5.69 Å². The van der Waals surface area contributed by atoms with Crippen molar-refractivity contribution < 1.29 is 9.90 Å². The quantitative estimate of drug-likeness (QED) is 0.319. The highest BCUT2D eigenvalue weighted by Gasteiger charge is 2.32. The SMILES string of the molecule is CC[C@H](NC(=O)c1c(N2CCC[C@H]2CCO)c(-c2ccccc2)nc2ccccc12)c1ccccc1. The van der Waals surface area contributed by atoms with E-state index < -0.39 is 0 Å². The molecule has 36 heavy (non-hydrogen) atoms. The van der Waals surface area contributed by atoms with E-state index in [4.69, 9.17) is 4.98 Å². The molecule has 0 saturated carbocycles. The number of aromatic nitrogens is 1. The first-order chi connectivity index (χ1) is 17.7. The van der Waals surface area contributed by atoms with Crippen molar-refractivity contribution in [3.8, 4) is 11.3 Å². The summed E-state index contributed by atoms with van der Waals surface area (Å²) in [5, 5.41) is 14.0. The van der Waals surface area contributed by atoms with Gasteiger partial charge in [-0.15, -0.1) is 0 Å². The number of fused-ring (bicyclic) bond motifs is 1. The van der Waals surface area contributed by atoms with E-state index in [1.54, 1.807) is 0 Å². The molecule has 1 amide bonds. The van der Waals surface area contributed by atoms with E-state index in [0.29, 0.717) is 12.0 Å². The predicted octanol–water partition coefficient (Wildman–Crippen LogP) is 6.13. The van der Waals surface area contributed by atoms with Crippen LogP contribution in [-0.4, -0.2) is 35.2 Å². The van der Waals surface area contributed by atoms with Gasteiger partial charge in [0.25, 0.3) is 5.91 Å². The highest BCUT2D eigenvalue weighted by atomic mass is 16.3. The van der Waals surface area contributed by atoms with Crippen LogP contribution in [0, 0.1) is 0 Å². The van der Waals surface area contributed by atoms with Crippen LogP contribution in [0.2, 0.25) is 0 Å². The van der Waals surface area contributed by atoms with Crippen molar-refractivity contribution >= 4 is 22.5 Å². The molecule has 3 aromatic carbocycles. The second-order valence-corrected chi connectivity index (χ2v) is 9.41. The molecule has 1 aliphatic heterocycles. The molecule has 1 saturated heterocycles. The molecule has 5 rings (SSSR count). The number of nitrogens with one attached hydrogen (secondary N) is 1. The van der Waals surface area contributed by atoms with Gasteiger partial charge in [-0.2, -0.15) is 0 Å². The van der Waals surface area contributed by atoms with Gasteiger partial charge in [0.15, 0.2) is 0 Å². The molecular weight excluding hydrogens is 446 g/mol. The Morgan fingerprint density at radius 1 is 1.03 bits per heavy atom. The molecule has 4 aromatic rings. The number of rotatable bonds is 8. The third kappa shape index (κ3) is 4.71. The standard InChI is InChI=1S/C31H33N3O2/c1-2-26(22-12-5-3-6-13-22)33-31(36)28-25-17-9-10-18-27(25)32-29(23-14-7-4-8-15-23)30(28)34-20-11-16-24(34)19-21-35/h3-10,12-15,17-18,24,26,35H,2,11,16,19-21H2,1H3,(H,33,36)/t24-,26-/m0/s1. The zero-order chi connectivity index (χ0) is 24.9. The first-order valence-electron chi connectivity index (χ1n) is 12.9. The van der Waals surface area contributed by atoms with E-state index in [2.05, 4.69) is 41.4 Å². The summed E-state index contributed by atoms with van der Waals surface area (Å²) in [5.41, 5.74) is 5.23. The van der Waals surface area contributed by atoms with Crippen LogP contribution in [0.15, 0.2) is 84.9 Å². The Morgan fingerprint density at radius 2 is 1.72 bits per heavy atom. The number of hydrogen-bond acceptors (Lipinski definition) is 4. The zero-order valence-corrected chi connectivity index (χ0v) is 20.7. The molecule has 1 aromatic heterocycles. The van der Waals surface area contributed by atoms with Crippen LogP contribution < -0.4 is 10.2 Å². The molecule has 184 valence electrons. The summed E-state index contributed by atoms with van der Waals surface area (Å²) in [5.74, 6) is -0.0915. The first-order valence-corrected chi connectivity index (χ1v) is 12.9. The molecule has 2 N–H and O–H groups in total. The second-order valence-electron chi connectivity index (χ2n) is 9.41. The summed E-state index contributed by atoms with van der Waals surface area (Å²) in [6, 6.07) is 28.2. The van der Waals surface area contributed by atoms with Crippen molar-refractivity contribution in [3.63, 3.8) is 0 Å². The lowest BCUT2D eigenvalue weighted by molar-refractivity contribution is 0.0937. The minimum Gasteiger partial charge on any atom is -0.396 e. The van der Waals surface area contributed by atoms with Gasteiger partial charge in [-0.1, -0.05) is 85.8 Å². The average Bonchev–Trinajstić information content (AvgIpc) is 3.39. The largest absolute Gasteiger partial charge is 0.396 e. The van der Waals surface area contributed by atoms with Crippen molar-refractivity contribution in [2.24, 2.45) is 0 Å². The lowest BCUT2D eigenvalue weighted by Crippen LogP contribution is -2.35. The van der Waals surface area contributed by atoms with Gasteiger partial charge in [-0.25, -0.2) is 4.98 Å². The number of carbonyl (C=O) groups is 1. The molecule has 2 heterocycles. The number of para-hydroxylation sites is 1. The molecule has 0 radical (unpaired) electrons. The first kappa shape index (κ1) is 24.0. The summed E-state index contributed by atoms with van der Waals surface area (Å²) in [6.45, 7) is 3.05. The molecule has 5 heteroatoms. The number of aliphatic hydroxyl groups is 1. The van der Waals surface area contributed by atoms with Crippen LogP contribution >= 0.6 is 0 Å². The van der Waals surface area contributed by atoms with Crippen molar-refractivity contribution in [1.82, 2.24) is 10.3 Å². The van der Waals surface area contributed by atoms with E-state index in [9.17, 15) is 9.90 Å². The normalized spacial score (nSPS) is 16.3. The van der Waals surface area contributed by atoms with Crippen LogP contribution in [0.1, 0.15) is 54.6 Å². The Morgan fingerprint density at radius 3 is 2.44 bits per heavy atom. The minimum absolute atomic E-state index is 0.0915. The van der Waals surface area contributed by atoms with Crippen LogP contribution in [0.3, 0.4) is 0 Å². The van der Waals surface area contributed by atoms with Gasteiger partial charge in [0.05, 0.1) is 28.5 Å². The van der Waals surface area contributed by atoms with Crippen molar-refractivity contribution in [1.29, 1.82) is 0 Å². The summed E-state index contributed by atoms with van der Waals surface area (Å²) < 4.78 is 0. The highest BCUT2D eigenvalue weighted by molar-refractivity contribution is 6.13. The monoisotopic (exact) mass is 479 g/mol. The van der Waals surface area contributed by atoms with Crippen LogP contribution in [-0.2, 0) is 0 Å². The number of hydrogen-bond donors (Lipinski definition) is 2. The fourth-order valence-electron chi connectivity index (χ4n) is 5.42. The molecule has 0 aliphatic carbocycles. The maximum absolute atomic E-state index is 14.2. The number of amides is 1. The van der Waals surface area contributed by atoms with Gasteiger partial charge in [-0.3, -0.25) is 4.79 Å². The summed E-state index contributed by atoms with van der Waals surface area (Å²) in [7, 11) is 0. The summed E-state index contributed by atoms with van der Waals surface area (Å²) in [4.78, 5) is 21.6. The maximum atomic E-state index is 14.2. The number of benzene rings is 3. The smallest absolute Gasteiger partial charge is 0.254 e. The lowest BCUT2D eigenvalue weighted by atomic mass is 9.97. The highest BCUT2D eigenvalue weighted by Crippen LogP contribution is 2.41. The van der Waals surface area contributed by atoms with Gasteiger partial charge >= 0.3 is 0 Å². The minimum atomic E-state index is -0.0922. The van der Waals surface area contributed by atoms with Gasteiger partial charge in [0.1, 0.15) is 0 Å². The van der Waals surface area contributed by atoms with E-state index in [1.807, 2.05) is 60.7 Å². The fourth-order valence-corrected chi connectivity index (χ4v) is 5.42. The predicted molar refractivity (Wildman–Crippen MR) is 146 cm³/mol. The lowest BCUT2D eigenvalue weighted by Gasteiger charge is -2.31. The molecule has 0 bridgehead atoms. The van der Waals surface area contributed by atoms with E-state index in [1.165, 1.54) is 0 Å². The van der Waals surface area contributed by atoms with Crippen molar-refractivity contribution in [2.75, 3.05) is 18.1 Å². The summed E-state index contributed by atoms with van der Waals surface area (Å²) >= 11 is 0. The van der Waals surface area contributed by atoms with E-state index >= 15 is 0 Å². The van der Waals surface area contributed by atoms with Gasteiger partial charge in [0.2, 0.25) is 0 Å². The number of carbonyl (C=O) groups excluding carboxylic acids is 1. The number of anilines is 1. The Balaban J connectivity index is 1.71. The topological polar surface area (TPSA) is 65.5 Å². The molecular formula is C31H33N3O2.